The molecule has 1 unspecified atom stereocenters. The maximum Gasteiger partial charge on any atom is 0.352 e. The Labute approximate surface area is 171 Å². The van der Waals surface area contributed by atoms with Crippen LogP contribution in [0.3, 0.4) is 0 Å². The van der Waals surface area contributed by atoms with Crippen LogP contribution in [-0.2, 0) is 18.7 Å². The quantitative estimate of drug-likeness (QED) is 0.389. The Bertz CT molecular complexity index is 828. The number of aromatic nitrogens is 2. The smallest absolute Gasteiger partial charge is 0.352 e. The molecule has 2 atom stereocenters. The maximum atomic E-state index is 12.4. The highest BCUT2D eigenvalue weighted by molar-refractivity contribution is 6.74. The second-order valence-electron chi connectivity index (χ2n) is 8.86. The van der Waals surface area contributed by atoms with Crippen molar-refractivity contribution in [1.82, 2.24) is 9.55 Å². The van der Waals surface area contributed by atoms with Gasteiger partial charge in [0.25, 0.3) is 0 Å². The minimum absolute atomic E-state index is 0.0326. The van der Waals surface area contributed by atoms with Crippen molar-refractivity contribution >= 4 is 20.1 Å². The van der Waals surface area contributed by atoms with Crippen LogP contribution >= 0.6 is 0 Å². The first-order valence-electron chi connectivity index (χ1n) is 9.57. The zero-order chi connectivity index (χ0) is 22.0. The topological polar surface area (TPSA) is 112 Å². The molecule has 2 rings (SSSR count). The van der Waals surface area contributed by atoms with Crippen molar-refractivity contribution in [2.75, 3.05) is 12.1 Å². The van der Waals surface area contributed by atoms with Gasteiger partial charge in [-0.2, -0.15) is 4.98 Å². The summed E-state index contributed by atoms with van der Waals surface area (Å²) in [5.74, 6) is -0.136. The van der Waals surface area contributed by atoms with Crippen molar-refractivity contribution in [3.63, 3.8) is 0 Å². The third-order valence-corrected chi connectivity index (χ3v) is 9.66. The van der Waals surface area contributed by atoms with Crippen LogP contribution < -0.4 is 11.2 Å². The summed E-state index contributed by atoms with van der Waals surface area (Å²) in [6, 6.07) is 1.45. The molecule has 0 aliphatic carbocycles. The molecule has 1 aliphatic heterocycles. The average Bonchev–Trinajstić information content (AvgIpc) is 3.00. The average molecular weight is 426 g/mol. The molecule has 29 heavy (non-hydrogen) atoms. The van der Waals surface area contributed by atoms with E-state index in [1.165, 1.54) is 16.8 Å². The fourth-order valence-electron chi connectivity index (χ4n) is 2.41. The number of hydrogen-bond acceptors (Lipinski definition) is 8. The molecular formula is C19H31N3O6Si. The standard InChI is InChI=1S/C19H31N3O6Si/c1-12(2)17(23)26-11-13-10-14(28-29(6,7)19(3,4)5)16(27-13)22-9-8-15(21-25)20-18(22)24/h8-10,12,14,16,25H,11H2,1-7H3,(H,20,21,24)/t14?,16-/m1/s1. The van der Waals surface area contributed by atoms with Gasteiger partial charge in [-0.15, -0.1) is 0 Å². The zero-order valence-corrected chi connectivity index (χ0v) is 19.1. The molecule has 9 nitrogen and oxygen atoms in total. The van der Waals surface area contributed by atoms with Gasteiger partial charge in [-0.3, -0.25) is 20.0 Å². The van der Waals surface area contributed by atoms with Crippen LogP contribution in [0.1, 0.15) is 40.8 Å². The van der Waals surface area contributed by atoms with Crippen molar-refractivity contribution < 1.29 is 23.9 Å². The minimum atomic E-state index is -2.19. The summed E-state index contributed by atoms with van der Waals surface area (Å²) in [5.41, 5.74) is 1.24. The molecule has 2 heterocycles. The van der Waals surface area contributed by atoms with E-state index in [-0.39, 0.29) is 29.4 Å². The second-order valence-corrected chi connectivity index (χ2v) is 13.6. The van der Waals surface area contributed by atoms with E-state index in [1.807, 2.05) is 5.48 Å². The summed E-state index contributed by atoms with van der Waals surface area (Å²) in [5, 5.41) is 8.90. The van der Waals surface area contributed by atoms with Gasteiger partial charge in [0.2, 0.25) is 6.23 Å². The normalized spacial score (nSPS) is 19.7. The van der Waals surface area contributed by atoms with Crippen LogP contribution in [0.2, 0.25) is 18.1 Å². The molecule has 1 aromatic rings. The monoisotopic (exact) mass is 425 g/mol. The van der Waals surface area contributed by atoms with E-state index in [1.54, 1.807) is 19.9 Å². The Morgan fingerprint density at radius 3 is 2.59 bits per heavy atom. The minimum Gasteiger partial charge on any atom is -0.468 e. The molecule has 162 valence electrons. The van der Waals surface area contributed by atoms with Crippen molar-refractivity contribution in [3.05, 3.63) is 34.6 Å². The highest BCUT2D eigenvalue weighted by Gasteiger charge is 2.43. The number of nitrogens with zero attached hydrogens (tertiary/aromatic N) is 2. The fraction of sp³-hybridized carbons (Fsp3) is 0.632. The van der Waals surface area contributed by atoms with E-state index in [9.17, 15) is 9.59 Å². The molecule has 0 spiro atoms. The van der Waals surface area contributed by atoms with Crippen molar-refractivity contribution in [1.29, 1.82) is 0 Å². The summed E-state index contributed by atoms with van der Waals surface area (Å²) < 4.78 is 19.0. The number of carbonyl (C=O) groups is 1. The Kier molecular flexibility index (Phi) is 6.92. The van der Waals surface area contributed by atoms with E-state index in [2.05, 4.69) is 38.8 Å². The van der Waals surface area contributed by atoms with Crippen LogP contribution in [0.5, 0.6) is 0 Å². The van der Waals surface area contributed by atoms with Crippen LogP contribution in [-0.4, -0.2) is 41.8 Å². The van der Waals surface area contributed by atoms with Crippen LogP contribution in [0, 0.1) is 5.92 Å². The number of rotatable bonds is 7. The second kappa shape index (κ2) is 8.68. The summed E-state index contributed by atoms with van der Waals surface area (Å²) in [4.78, 5) is 28.0. The lowest BCUT2D eigenvalue weighted by atomic mass is 10.2. The van der Waals surface area contributed by atoms with Crippen LogP contribution in [0.25, 0.3) is 0 Å². The molecule has 0 amide bonds. The first kappa shape index (κ1) is 23.1. The third-order valence-electron chi connectivity index (χ3n) is 5.19. The fourth-order valence-corrected chi connectivity index (χ4v) is 3.63. The summed E-state index contributed by atoms with van der Waals surface area (Å²) in [6.07, 6.45) is 1.89. The SMILES string of the molecule is CC(C)C(=O)OCC1=CC(O[Si](C)(C)C(C)(C)C)[C@H](n2ccc(NO)nc2=O)O1. The predicted molar refractivity (Wildman–Crippen MR) is 110 cm³/mol. The zero-order valence-electron chi connectivity index (χ0n) is 18.1. The van der Waals surface area contributed by atoms with Gasteiger partial charge < -0.3 is 13.9 Å². The Morgan fingerprint density at radius 2 is 2.07 bits per heavy atom. The summed E-state index contributed by atoms with van der Waals surface area (Å²) in [7, 11) is -2.19. The Balaban J connectivity index is 2.31. The molecule has 0 radical (unpaired) electrons. The van der Waals surface area contributed by atoms with Crippen molar-refractivity contribution in [2.24, 2.45) is 5.92 Å². The molecule has 1 aliphatic rings. The van der Waals surface area contributed by atoms with Gasteiger partial charge >= 0.3 is 11.7 Å². The van der Waals surface area contributed by atoms with Gasteiger partial charge in [-0.05, 0) is 30.3 Å². The first-order valence-corrected chi connectivity index (χ1v) is 12.5. The molecule has 0 fully saturated rings. The van der Waals surface area contributed by atoms with Gasteiger partial charge in [0.05, 0.1) is 5.92 Å². The van der Waals surface area contributed by atoms with Gasteiger partial charge in [0.1, 0.15) is 18.5 Å². The van der Waals surface area contributed by atoms with E-state index in [4.69, 9.17) is 19.1 Å². The van der Waals surface area contributed by atoms with E-state index in [0.29, 0.717) is 5.76 Å². The molecule has 0 bridgehead atoms. The molecule has 10 heteroatoms. The van der Waals surface area contributed by atoms with Gasteiger partial charge in [0, 0.05) is 6.20 Å². The van der Waals surface area contributed by atoms with E-state index in [0.717, 1.165) is 0 Å². The Morgan fingerprint density at radius 1 is 1.41 bits per heavy atom. The van der Waals surface area contributed by atoms with Gasteiger partial charge in [-0.1, -0.05) is 34.6 Å². The van der Waals surface area contributed by atoms with Gasteiger partial charge in [-0.25, -0.2) is 4.79 Å². The number of ether oxygens (including phenoxy) is 2. The van der Waals surface area contributed by atoms with E-state index >= 15 is 0 Å². The highest BCUT2D eigenvalue weighted by Crippen LogP contribution is 2.40. The Hall–Kier alpha value is -2.17. The van der Waals surface area contributed by atoms with Gasteiger partial charge in [0.15, 0.2) is 14.1 Å². The first-order chi connectivity index (χ1) is 13.4. The lowest BCUT2D eigenvalue weighted by Gasteiger charge is -2.39. The number of carbonyl (C=O) groups excluding carboxylic acids is 1. The van der Waals surface area contributed by atoms with E-state index < -0.39 is 26.3 Å². The lowest BCUT2D eigenvalue weighted by molar-refractivity contribution is -0.147. The molecular weight excluding hydrogens is 394 g/mol. The number of esters is 1. The highest BCUT2D eigenvalue weighted by atomic mass is 28.4. The number of nitrogens with one attached hydrogen (secondary N) is 1. The predicted octanol–water partition coefficient (Wildman–Crippen LogP) is 3.05. The third kappa shape index (κ3) is 5.46. The van der Waals surface area contributed by atoms with Crippen molar-refractivity contribution in [3.8, 4) is 0 Å². The summed E-state index contributed by atoms with van der Waals surface area (Å²) in [6.45, 7) is 14.0. The maximum absolute atomic E-state index is 12.4. The number of anilines is 1. The number of hydrogen-bond donors (Lipinski definition) is 2. The molecule has 1 aromatic heterocycles. The van der Waals surface area contributed by atoms with Crippen LogP contribution in [0.4, 0.5) is 5.82 Å². The largest absolute Gasteiger partial charge is 0.468 e. The molecule has 0 aromatic carbocycles. The molecule has 2 N–H and O–H groups in total. The lowest BCUT2D eigenvalue weighted by Crippen LogP contribution is -2.46. The molecule has 0 saturated heterocycles. The van der Waals surface area contributed by atoms with Crippen molar-refractivity contribution in [2.45, 2.75) is 65.1 Å². The summed E-state index contributed by atoms with van der Waals surface area (Å²) >= 11 is 0. The molecule has 0 saturated carbocycles. The van der Waals surface area contributed by atoms with Crippen LogP contribution in [0.15, 0.2) is 28.9 Å².